The van der Waals surface area contributed by atoms with Crippen molar-refractivity contribution in [1.29, 1.82) is 0 Å². The predicted molar refractivity (Wildman–Crippen MR) is 56.6 cm³/mol. The number of aromatic nitrogens is 1. The molecule has 0 aliphatic rings. The van der Waals surface area contributed by atoms with Crippen LogP contribution in [-0.2, 0) is 0 Å². The predicted octanol–water partition coefficient (Wildman–Crippen LogP) is 1.14. The molecule has 0 saturated carbocycles. The number of aromatic carboxylic acids is 1. The Morgan fingerprint density at radius 2 is 2.11 bits per heavy atom. The molecule has 0 fully saturated rings. The van der Waals surface area contributed by atoms with Crippen molar-refractivity contribution in [1.82, 2.24) is 4.98 Å². The topological polar surface area (TPSA) is 73.7 Å². The number of anilines is 1. The molecule has 0 radical (unpaired) electrons. The van der Waals surface area contributed by atoms with Crippen LogP contribution in [0.5, 0.6) is 0 Å². The van der Waals surface area contributed by atoms with Crippen LogP contribution in [0.3, 0.4) is 0 Å². The van der Waals surface area contributed by atoms with Crippen molar-refractivity contribution in [2.45, 2.75) is 6.18 Å². The van der Waals surface area contributed by atoms with Gasteiger partial charge in [-0.2, -0.15) is 13.2 Å². The molecule has 1 aromatic heterocycles. The third-order valence-corrected chi connectivity index (χ3v) is 2.11. The normalized spacial score (nSPS) is 11.3. The van der Waals surface area contributed by atoms with E-state index in [1.54, 1.807) is 0 Å². The van der Waals surface area contributed by atoms with E-state index in [1.807, 2.05) is 0 Å². The van der Waals surface area contributed by atoms with E-state index >= 15 is 0 Å². The molecule has 0 unspecified atom stereocenters. The van der Waals surface area contributed by atoms with E-state index in [0.29, 0.717) is 0 Å². The summed E-state index contributed by atoms with van der Waals surface area (Å²) in [5.74, 6) is -1.37. The Balaban J connectivity index is 3.09. The molecule has 2 N–H and O–H groups in total. The van der Waals surface area contributed by atoms with E-state index in [1.165, 1.54) is 12.3 Å². The van der Waals surface area contributed by atoms with Crippen molar-refractivity contribution in [2.75, 3.05) is 24.6 Å². The Bertz CT molecular complexity index is 423. The van der Waals surface area contributed by atoms with Gasteiger partial charge in [0.15, 0.2) is 0 Å². The fourth-order valence-corrected chi connectivity index (χ4v) is 1.45. The van der Waals surface area contributed by atoms with Crippen LogP contribution >= 0.6 is 0 Å². The third kappa shape index (κ3) is 3.88. The number of halogens is 3. The molecule has 0 bridgehead atoms. The van der Waals surface area contributed by atoms with Gasteiger partial charge in [0.05, 0.1) is 12.3 Å². The summed E-state index contributed by atoms with van der Waals surface area (Å²) in [6.07, 6.45) is -2.32. The summed E-state index contributed by atoms with van der Waals surface area (Å²) in [7, 11) is 0. The second-order valence-corrected chi connectivity index (χ2v) is 3.46. The van der Waals surface area contributed by atoms with Crippen LogP contribution in [0, 0.1) is 0 Å². The smallest absolute Gasteiger partial charge is 0.405 e. The number of rotatable bonds is 5. The first kappa shape index (κ1) is 14.2. The van der Waals surface area contributed by atoms with Crippen molar-refractivity contribution >= 4 is 11.7 Å². The molecule has 100 valence electrons. The molecule has 0 atom stereocenters. The summed E-state index contributed by atoms with van der Waals surface area (Å²) in [5, 5.41) is 17.6. The molecule has 0 aromatic carbocycles. The minimum atomic E-state index is -4.49. The summed E-state index contributed by atoms with van der Waals surface area (Å²) >= 11 is 0. The number of alkyl halides is 3. The van der Waals surface area contributed by atoms with E-state index in [4.69, 9.17) is 10.2 Å². The Morgan fingerprint density at radius 3 is 2.61 bits per heavy atom. The number of nitrogens with zero attached hydrogens (tertiary/aromatic N) is 2. The molecule has 1 heterocycles. The van der Waals surface area contributed by atoms with E-state index in [9.17, 15) is 18.0 Å². The Kier molecular flexibility index (Phi) is 4.49. The quantitative estimate of drug-likeness (QED) is 0.834. The number of carboxylic acids is 1. The summed E-state index contributed by atoms with van der Waals surface area (Å²) in [4.78, 5) is 15.2. The van der Waals surface area contributed by atoms with E-state index in [0.717, 1.165) is 11.1 Å². The van der Waals surface area contributed by atoms with Crippen LogP contribution in [0.2, 0.25) is 0 Å². The molecule has 0 spiro atoms. The van der Waals surface area contributed by atoms with Crippen LogP contribution in [0.1, 0.15) is 10.4 Å². The maximum absolute atomic E-state index is 12.4. The van der Waals surface area contributed by atoms with Gasteiger partial charge in [0.2, 0.25) is 0 Å². The van der Waals surface area contributed by atoms with E-state index in [-0.39, 0.29) is 17.8 Å². The van der Waals surface area contributed by atoms with Gasteiger partial charge < -0.3 is 15.1 Å². The summed E-state index contributed by atoms with van der Waals surface area (Å²) in [5.41, 5.74) is -0.459. The molecule has 18 heavy (non-hydrogen) atoms. The lowest BCUT2D eigenvalue weighted by atomic mass is 10.2. The highest BCUT2D eigenvalue weighted by Gasteiger charge is 2.32. The number of aliphatic hydroxyl groups excluding tert-OH is 1. The molecule has 1 rings (SSSR count). The molecule has 0 aliphatic carbocycles. The lowest BCUT2D eigenvalue weighted by molar-refractivity contribution is -0.119. The van der Waals surface area contributed by atoms with Crippen molar-refractivity contribution < 1.29 is 28.2 Å². The average molecular weight is 264 g/mol. The fraction of sp³-hybridized carbons (Fsp3) is 0.400. The van der Waals surface area contributed by atoms with E-state index < -0.39 is 25.3 Å². The highest BCUT2D eigenvalue weighted by atomic mass is 19.4. The first-order valence-corrected chi connectivity index (χ1v) is 4.95. The maximum atomic E-state index is 12.4. The second-order valence-electron chi connectivity index (χ2n) is 3.46. The van der Waals surface area contributed by atoms with Gasteiger partial charge in [0.1, 0.15) is 12.1 Å². The summed E-state index contributed by atoms with van der Waals surface area (Å²) in [6, 6.07) is 1.17. The fourth-order valence-electron chi connectivity index (χ4n) is 1.45. The molecule has 0 amide bonds. The Hall–Kier alpha value is -1.83. The van der Waals surface area contributed by atoms with Gasteiger partial charge in [0.25, 0.3) is 0 Å². The van der Waals surface area contributed by atoms with Crippen LogP contribution in [0.4, 0.5) is 18.9 Å². The zero-order valence-corrected chi connectivity index (χ0v) is 9.18. The Labute approximate surface area is 100 Å². The highest BCUT2D eigenvalue weighted by molar-refractivity contribution is 5.94. The second kappa shape index (κ2) is 5.67. The summed E-state index contributed by atoms with van der Waals surface area (Å²) in [6.45, 7) is -2.17. The average Bonchev–Trinajstić information content (AvgIpc) is 2.26. The number of carbonyl (C=O) groups is 1. The molecule has 1 aromatic rings. The standard InChI is InChI=1S/C10H11F3N2O3/c11-10(12,13)6-15(3-4-16)8-1-2-14-5-7(8)9(17)18/h1-2,5,16H,3-4,6H2,(H,17,18). The molecule has 0 saturated heterocycles. The van der Waals surface area contributed by atoms with Crippen LogP contribution < -0.4 is 4.90 Å². The SMILES string of the molecule is O=C(O)c1cnccc1N(CCO)CC(F)(F)F. The van der Waals surface area contributed by atoms with Crippen LogP contribution in [0.25, 0.3) is 0 Å². The van der Waals surface area contributed by atoms with Crippen LogP contribution in [0.15, 0.2) is 18.5 Å². The number of aliphatic hydroxyl groups is 1. The van der Waals surface area contributed by atoms with Crippen molar-refractivity contribution in [3.8, 4) is 0 Å². The van der Waals surface area contributed by atoms with Gasteiger partial charge in [-0.25, -0.2) is 4.79 Å². The van der Waals surface area contributed by atoms with E-state index in [2.05, 4.69) is 4.98 Å². The molecular weight excluding hydrogens is 253 g/mol. The van der Waals surface area contributed by atoms with Gasteiger partial charge in [0, 0.05) is 18.9 Å². The van der Waals surface area contributed by atoms with Crippen molar-refractivity contribution in [2.24, 2.45) is 0 Å². The van der Waals surface area contributed by atoms with Gasteiger partial charge >= 0.3 is 12.1 Å². The molecule has 5 nitrogen and oxygen atoms in total. The lowest BCUT2D eigenvalue weighted by Gasteiger charge is -2.26. The number of hydrogen-bond acceptors (Lipinski definition) is 4. The van der Waals surface area contributed by atoms with Crippen molar-refractivity contribution in [3.63, 3.8) is 0 Å². The highest BCUT2D eigenvalue weighted by Crippen LogP contribution is 2.24. The maximum Gasteiger partial charge on any atom is 0.405 e. The minimum absolute atomic E-state index is 0.121. The minimum Gasteiger partial charge on any atom is -0.478 e. The number of pyridine rings is 1. The van der Waals surface area contributed by atoms with Gasteiger partial charge in [-0.05, 0) is 6.07 Å². The molecule has 8 heteroatoms. The summed E-state index contributed by atoms with van der Waals surface area (Å²) < 4.78 is 37.1. The third-order valence-electron chi connectivity index (χ3n) is 2.11. The number of carboxylic acid groups (broad SMARTS) is 1. The molecule has 0 aliphatic heterocycles. The zero-order valence-electron chi connectivity index (χ0n) is 9.18. The Morgan fingerprint density at radius 1 is 1.44 bits per heavy atom. The molecular formula is C10H11F3N2O3. The first-order valence-electron chi connectivity index (χ1n) is 4.95. The van der Waals surface area contributed by atoms with Gasteiger partial charge in [-0.15, -0.1) is 0 Å². The zero-order chi connectivity index (χ0) is 13.8. The van der Waals surface area contributed by atoms with Gasteiger partial charge in [-0.3, -0.25) is 4.98 Å². The largest absolute Gasteiger partial charge is 0.478 e. The van der Waals surface area contributed by atoms with Gasteiger partial charge in [-0.1, -0.05) is 0 Å². The first-order chi connectivity index (χ1) is 8.35. The van der Waals surface area contributed by atoms with Crippen molar-refractivity contribution in [3.05, 3.63) is 24.0 Å². The number of hydrogen-bond donors (Lipinski definition) is 2. The lowest BCUT2D eigenvalue weighted by Crippen LogP contribution is -2.37. The monoisotopic (exact) mass is 264 g/mol. The van der Waals surface area contributed by atoms with Crippen LogP contribution in [-0.4, -0.2) is 47.0 Å².